The molecule has 1 aromatic rings. The Bertz CT molecular complexity index is 739. The molecule has 0 aliphatic heterocycles. The summed E-state index contributed by atoms with van der Waals surface area (Å²) in [6.07, 6.45) is 8.29. The van der Waals surface area contributed by atoms with Crippen LogP contribution in [0.4, 0.5) is 10.1 Å². The number of benzene rings is 1. The topological polar surface area (TPSA) is 74.2 Å². The number of hydrogen-bond acceptors (Lipinski definition) is 4. The van der Waals surface area contributed by atoms with E-state index in [2.05, 4.69) is 10.6 Å². The highest BCUT2D eigenvalue weighted by atomic mass is 19.1. The number of rotatable bonds is 10. The normalized spacial score (nSPS) is 13.5. The van der Waals surface area contributed by atoms with Crippen molar-refractivity contribution in [3.63, 3.8) is 0 Å². The van der Waals surface area contributed by atoms with Crippen molar-refractivity contribution in [3.05, 3.63) is 65.2 Å². The van der Waals surface area contributed by atoms with Crippen LogP contribution in [-0.4, -0.2) is 24.8 Å². The average molecular weight is 373 g/mol. The molecule has 0 aliphatic rings. The molecule has 1 rings (SSSR count). The average Bonchev–Trinajstić information content (AvgIpc) is 2.61. The summed E-state index contributed by atoms with van der Waals surface area (Å²) < 4.78 is 19.5. The van der Waals surface area contributed by atoms with Crippen molar-refractivity contribution in [1.82, 2.24) is 5.32 Å². The highest BCUT2D eigenvalue weighted by Gasteiger charge is 2.10. The van der Waals surface area contributed by atoms with E-state index < -0.39 is 0 Å². The largest absolute Gasteiger partial charge is 0.375 e. The predicted octanol–water partition coefficient (Wildman–Crippen LogP) is 4.33. The molecule has 1 aromatic carbocycles. The number of allylic oxidation sites excluding steroid dienone is 4. The minimum atomic E-state index is -0.348. The molecule has 0 aliphatic carbocycles. The van der Waals surface area contributed by atoms with Crippen LogP contribution in [0.2, 0.25) is 0 Å². The molecule has 0 bridgehead atoms. The predicted molar refractivity (Wildman–Crippen MR) is 108 cm³/mol. The molecule has 1 unspecified atom stereocenters. The molecule has 0 fully saturated rings. The Morgan fingerprint density at radius 1 is 1.26 bits per heavy atom. The van der Waals surface area contributed by atoms with Crippen LogP contribution in [0.5, 0.6) is 0 Å². The van der Waals surface area contributed by atoms with Crippen LogP contribution in [-0.2, 0) is 16.1 Å². The van der Waals surface area contributed by atoms with E-state index in [0.717, 1.165) is 11.9 Å². The maximum atomic E-state index is 13.9. The first-order valence-corrected chi connectivity index (χ1v) is 8.84. The van der Waals surface area contributed by atoms with Crippen LogP contribution in [0.1, 0.15) is 33.3 Å². The fourth-order valence-corrected chi connectivity index (χ4v) is 2.34. The van der Waals surface area contributed by atoms with Gasteiger partial charge in [-0.3, -0.25) is 4.79 Å². The van der Waals surface area contributed by atoms with Crippen molar-refractivity contribution in [2.24, 2.45) is 0 Å². The fraction of sp³-hybridized carbons (Fsp3) is 0.333. The van der Waals surface area contributed by atoms with E-state index in [1.165, 1.54) is 12.1 Å². The van der Waals surface area contributed by atoms with Gasteiger partial charge in [-0.15, -0.1) is 0 Å². The Labute approximate surface area is 160 Å². The zero-order valence-electron chi connectivity index (χ0n) is 16.3. The zero-order chi connectivity index (χ0) is 20.2. The monoisotopic (exact) mass is 373 g/mol. The first-order chi connectivity index (χ1) is 12.9. The number of anilines is 1. The standard InChI is InChI=1S/C21H28FN3O2/c1-5-8-19(7-3)25-20-10-16(9-18(22)11-20)14-27-13-15(4)24-21(26)17(6-2)12-23/h5-12,15,23,25H,13-14H2,1-4H3,(H,24,26)/b8-5?,17-6?,19-7+,23-12?. The summed E-state index contributed by atoms with van der Waals surface area (Å²) >= 11 is 0. The molecule has 3 N–H and O–H groups in total. The third-order valence-corrected chi connectivity index (χ3v) is 3.65. The number of halogens is 1. The van der Waals surface area contributed by atoms with Gasteiger partial charge in [0.2, 0.25) is 0 Å². The Morgan fingerprint density at radius 2 is 2.00 bits per heavy atom. The second kappa shape index (κ2) is 11.8. The lowest BCUT2D eigenvalue weighted by molar-refractivity contribution is -0.118. The molecular formula is C21H28FN3O2. The molecule has 0 aromatic heterocycles. The van der Waals surface area contributed by atoms with Crippen molar-refractivity contribution in [2.45, 2.75) is 40.3 Å². The van der Waals surface area contributed by atoms with E-state index in [9.17, 15) is 9.18 Å². The molecular weight excluding hydrogens is 345 g/mol. The summed E-state index contributed by atoms with van der Waals surface area (Å²) in [6.45, 7) is 7.83. The van der Waals surface area contributed by atoms with Crippen LogP contribution in [0, 0.1) is 11.2 Å². The van der Waals surface area contributed by atoms with Crippen LogP contribution in [0.3, 0.4) is 0 Å². The summed E-state index contributed by atoms with van der Waals surface area (Å²) in [7, 11) is 0. The third-order valence-electron chi connectivity index (χ3n) is 3.65. The Hall–Kier alpha value is -2.73. The van der Waals surface area contributed by atoms with Gasteiger partial charge in [0.05, 0.1) is 18.8 Å². The minimum Gasteiger partial charge on any atom is -0.375 e. The number of nitrogens with one attached hydrogen (secondary N) is 3. The smallest absolute Gasteiger partial charge is 0.252 e. The second-order valence-electron chi connectivity index (χ2n) is 6.00. The van der Waals surface area contributed by atoms with Crippen molar-refractivity contribution < 1.29 is 13.9 Å². The van der Waals surface area contributed by atoms with E-state index >= 15 is 0 Å². The van der Waals surface area contributed by atoms with Gasteiger partial charge in [0.15, 0.2) is 0 Å². The second-order valence-corrected chi connectivity index (χ2v) is 6.00. The maximum absolute atomic E-state index is 13.9. The summed E-state index contributed by atoms with van der Waals surface area (Å²) in [4.78, 5) is 11.9. The Balaban J connectivity index is 2.62. The molecule has 1 amide bonds. The highest BCUT2D eigenvalue weighted by Crippen LogP contribution is 2.17. The Kier molecular flexibility index (Phi) is 9.75. The van der Waals surface area contributed by atoms with Gasteiger partial charge in [0.1, 0.15) is 5.82 Å². The number of ether oxygens (including phenoxy) is 1. The molecule has 1 atom stereocenters. The van der Waals surface area contributed by atoms with E-state index in [4.69, 9.17) is 10.1 Å². The van der Waals surface area contributed by atoms with E-state index in [1.54, 1.807) is 13.0 Å². The molecule has 5 nitrogen and oxygen atoms in total. The van der Waals surface area contributed by atoms with Gasteiger partial charge in [-0.1, -0.05) is 18.2 Å². The van der Waals surface area contributed by atoms with E-state index in [-0.39, 0.29) is 31.0 Å². The highest BCUT2D eigenvalue weighted by molar-refractivity contribution is 6.11. The molecule has 0 heterocycles. The molecule has 0 radical (unpaired) electrons. The molecule has 27 heavy (non-hydrogen) atoms. The van der Waals surface area contributed by atoms with Crippen LogP contribution in [0.25, 0.3) is 0 Å². The lowest BCUT2D eigenvalue weighted by Gasteiger charge is -2.15. The van der Waals surface area contributed by atoms with Gasteiger partial charge in [-0.2, -0.15) is 0 Å². The first kappa shape index (κ1) is 22.3. The van der Waals surface area contributed by atoms with Gasteiger partial charge in [-0.25, -0.2) is 4.39 Å². The number of hydrogen-bond donors (Lipinski definition) is 3. The van der Waals surface area contributed by atoms with Gasteiger partial charge in [0, 0.05) is 23.6 Å². The third kappa shape index (κ3) is 8.00. The minimum absolute atomic E-state index is 0.225. The lowest BCUT2D eigenvalue weighted by atomic mass is 10.2. The summed E-state index contributed by atoms with van der Waals surface area (Å²) in [5.41, 5.74) is 2.51. The Morgan fingerprint density at radius 3 is 2.59 bits per heavy atom. The van der Waals surface area contributed by atoms with Crippen LogP contribution < -0.4 is 10.6 Å². The van der Waals surface area contributed by atoms with Gasteiger partial charge >= 0.3 is 0 Å². The van der Waals surface area contributed by atoms with Crippen molar-refractivity contribution in [2.75, 3.05) is 11.9 Å². The summed E-state index contributed by atoms with van der Waals surface area (Å²) in [5, 5.41) is 13.1. The molecule has 146 valence electrons. The molecule has 6 heteroatoms. The van der Waals surface area contributed by atoms with Gasteiger partial charge in [-0.05, 0) is 57.5 Å². The number of carbonyl (C=O) groups excluding carboxylic acids is 1. The first-order valence-electron chi connectivity index (χ1n) is 8.84. The summed E-state index contributed by atoms with van der Waals surface area (Å²) in [5.74, 6) is -0.664. The van der Waals surface area contributed by atoms with Crippen LogP contribution in [0.15, 0.2) is 53.8 Å². The SMILES string of the molecule is CC=C/C(=C\C)Nc1cc(F)cc(COCC(C)NC(=O)C(C=N)=CC)c1. The number of amides is 1. The zero-order valence-corrected chi connectivity index (χ0v) is 16.3. The van der Waals surface area contributed by atoms with Gasteiger partial charge < -0.3 is 20.8 Å². The summed E-state index contributed by atoms with van der Waals surface area (Å²) in [6, 6.07) is 4.44. The van der Waals surface area contributed by atoms with Crippen molar-refractivity contribution in [3.8, 4) is 0 Å². The van der Waals surface area contributed by atoms with Crippen molar-refractivity contribution in [1.29, 1.82) is 5.41 Å². The number of carbonyl (C=O) groups is 1. The van der Waals surface area contributed by atoms with E-state index in [0.29, 0.717) is 16.8 Å². The lowest BCUT2D eigenvalue weighted by Crippen LogP contribution is -2.37. The quantitative estimate of drug-likeness (QED) is 0.325. The molecule has 0 saturated carbocycles. The van der Waals surface area contributed by atoms with Crippen molar-refractivity contribution >= 4 is 17.8 Å². The maximum Gasteiger partial charge on any atom is 0.252 e. The van der Waals surface area contributed by atoms with E-state index in [1.807, 2.05) is 45.1 Å². The molecule has 0 spiro atoms. The van der Waals surface area contributed by atoms with Gasteiger partial charge in [0.25, 0.3) is 5.91 Å². The molecule has 0 saturated heterocycles. The van der Waals surface area contributed by atoms with Crippen LogP contribution >= 0.6 is 0 Å². The fourth-order valence-electron chi connectivity index (χ4n) is 2.34.